The molecule has 1 heterocycles. The highest BCUT2D eigenvalue weighted by atomic mass is 16.3. The number of azo groups is 1. The van der Waals surface area contributed by atoms with Gasteiger partial charge >= 0.3 is 0 Å². The first kappa shape index (κ1) is 10.2. The van der Waals surface area contributed by atoms with E-state index in [9.17, 15) is 5.11 Å². The van der Waals surface area contributed by atoms with Crippen LogP contribution in [0.15, 0.2) is 34.5 Å². The molecule has 2 rings (SSSR count). The van der Waals surface area contributed by atoms with Crippen LogP contribution in [-0.4, -0.2) is 15.6 Å². The summed E-state index contributed by atoms with van der Waals surface area (Å²) >= 11 is 0. The molecule has 0 amide bonds. The Morgan fingerprint density at radius 2 is 2.12 bits per heavy atom. The molecule has 1 aromatic carbocycles. The Kier molecular flexibility index (Phi) is 2.32. The first-order valence-corrected chi connectivity index (χ1v) is 4.63. The second-order valence-electron chi connectivity index (χ2n) is 3.33. The molecule has 2 aromatic rings. The number of nitrogens with zero attached hydrogens (tertiary/aromatic N) is 3. The number of hydrogen-bond acceptors (Lipinski definition) is 3. The van der Waals surface area contributed by atoms with E-state index in [0.29, 0.717) is 5.69 Å². The smallest absolute Gasteiger partial charge is 0.232 e. The molecule has 0 aliphatic heterocycles. The minimum atomic E-state index is -0.396. The normalized spacial score (nSPS) is 11.3. The van der Waals surface area contributed by atoms with Crippen molar-refractivity contribution in [3.8, 4) is 5.88 Å². The van der Waals surface area contributed by atoms with Crippen LogP contribution in [0.5, 0.6) is 5.88 Å². The molecule has 0 radical (unpaired) electrons. The third kappa shape index (κ3) is 1.50. The molecule has 0 saturated heterocycles. The van der Waals surface area contributed by atoms with Gasteiger partial charge in [0, 0.05) is 12.4 Å². The predicted octanol–water partition coefficient (Wildman–Crippen LogP) is 1.86. The van der Waals surface area contributed by atoms with E-state index in [1.54, 1.807) is 11.6 Å². The van der Waals surface area contributed by atoms with E-state index in [4.69, 9.17) is 11.1 Å². The molecular weight excluding hydrogens is 206 g/mol. The van der Waals surface area contributed by atoms with Gasteiger partial charge in [-0.05, 0) is 6.07 Å². The van der Waals surface area contributed by atoms with Crippen molar-refractivity contribution in [3.63, 3.8) is 0 Å². The lowest BCUT2D eigenvalue weighted by atomic mass is 10.2. The van der Waals surface area contributed by atoms with Crippen LogP contribution in [0, 0.1) is 5.41 Å². The summed E-state index contributed by atoms with van der Waals surface area (Å²) in [4.78, 5) is 0. The zero-order valence-electron chi connectivity index (χ0n) is 8.68. The standard InChI is InChI=1S/C10H11N5O/c1-15-7-5-3-2-4-6(7)8(9(15)16)13-14-10(11)12/h2-5,16H,1H3,(H3,11,12). The summed E-state index contributed by atoms with van der Waals surface area (Å²) in [5.41, 5.74) is 6.25. The van der Waals surface area contributed by atoms with Crippen molar-refractivity contribution in [2.24, 2.45) is 23.0 Å². The average Bonchev–Trinajstić information content (AvgIpc) is 2.50. The molecule has 0 spiro atoms. The van der Waals surface area contributed by atoms with Gasteiger partial charge in [-0.15, -0.1) is 10.2 Å². The zero-order chi connectivity index (χ0) is 11.7. The molecule has 6 heteroatoms. The number of fused-ring (bicyclic) bond motifs is 1. The minimum absolute atomic E-state index is 0.00574. The van der Waals surface area contributed by atoms with E-state index < -0.39 is 5.96 Å². The van der Waals surface area contributed by atoms with Crippen molar-refractivity contribution in [1.82, 2.24) is 4.57 Å². The lowest BCUT2D eigenvalue weighted by Gasteiger charge is -1.94. The number of nitrogens with two attached hydrogens (primary N) is 1. The van der Waals surface area contributed by atoms with Crippen molar-refractivity contribution in [3.05, 3.63) is 24.3 Å². The van der Waals surface area contributed by atoms with Crippen LogP contribution in [0.4, 0.5) is 5.69 Å². The van der Waals surface area contributed by atoms with Gasteiger partial charge in [0.1, 0.15) is 0 Å². The van der Waals surface area contributed by atoms with Crippen LogP contribution in [0.2, 0.25) is 0 Å². The molecular formula is C10H11N5O. The lowest BCUT2D eigenvalue weighted by Crippen LogP contribution is -2.03. The number of para-hydroxylation sites is 1. The molecule has 16 heavy (non-hydrogen) atoms. The largest absolute Gasteiger partial charge is 0.493 e. The average molecular weight is 217 g/mol. The molecule has 0 saturated carbocycles. The van der Waals surface area contributed by atoms with E-state index >= 15 is 0 Å². The van der Waals surface area contributed by atoms with Gasteiger partial charge < -0.3 is 15.4 Å². The lowest BCUT2D eigenvalue weighted by molar-refractivity contribution is 0.436. The van der Waals surface area contributed by atoms with Gasteiger partial charge in [0.25, 0.3) is 0 Å². The highest BCUT2D eigenvalue weighted by molar-refractivity contribution is 5.95. The van der Waals surface area contributed by atoms with Gasteiger partial charge in [-0.1, -0.05) is 18.2 Å². The Morgan fingerprint density at radius 1 is 1.44 bits per heavy atom. The summed E-state index contributed by atoms with van der Waals surface area (Å²) in [5, 5.41) is 24.8. The fourth-order valence-corrected chi connectivity index (χ4v) is 1.56. The van der Waals surface area contributed by atoms with Crippen LogP contribution in [0.25, 0.3) is 10.9 Å². The van der Waals surface area contributed by atoms with Gasteiger partial charge in [-0.3, -0.25) is 5.41 Å². The number of rotatable bonds is 1. The molecule has 6 nitrogen and oxygen atoms in total. The van der Waals surface area contributed by atoms with Crippen LogP contribution in [-0.2, 0) is 7.05 Å². The monoisotopic (exact) mass is 217 g/mol. The van der Waals surface area contributed by atoms with Crippen molar-refractivity contribution in [1.29, 1.82) is 5.41 Å². The first-order chi connectivity index (χ1) is 7.61. The third-order valence-electron chi connectivity index (χ3n) is 2.31. The Labute approximate surface area is 91.5 Å². The number of hydrogen-bond donors (Lipinski definition) is 3. The highest BCUT2D eigenvalue weighted by Crippen LogP contribution is 2.37. The summed E-state index contributed by atoms with van der Waals surface area (Å²) in [5.74, 6) is -0.390. The SMILES string of the molecule is Cn1c(O)c(N=NC(=N)N)c2ccccc21. The maximum absolute atomic E-state index is 9.83. The van der Waals surface area contributed by atoms with E-state index in [1.807, 2.05) is 24.3 Å². The number of aryl methyl sites for hydroxylation is 1. The van der Waals surface area contributed by atoms with E-state index in [2.05, 4.69) is 10.2 Å². The molecule has 0 aliphatic carbocycles. The first-order valence-electron chi connectivity index (χ1n) is 4.63. The summed E-state index contributed by atoms with van der Waals surface area (Å²) in [6, 6.07) is 7.40. The number of guanidine groups is 1. The molecule has 0 bridgehead atoms. The second-order valence-corrected chi connectivity index (χ2v) is 3.33. The molecule has 1 aromatic heterocycles. The Bertz CT molecular complexity index is 584. The maximum Gasteiger partial charge on any atom is 0.232 e. The van der Waals surface area contributed by atoms with Crippen LogP contribution in [0.3, 0.4) is 0 Å². The van der Waals surface area contributed by atoms with Crippen molar-refractivity contribution >= 4 is 22.5 Å². The summed E-state index contributed by atoms with van der Waals surface area (Å²) in [6.07, 6.45) is 0. The number of aromatic hydroxyl groups is 1. The van der Waals surface area contributed by atoms with Crippen molar-refractivity contribution in [2.75, 3.05) is 0 Å². The van der Waals surface area contributed by atoms with E-state index in [-0.39, 0.29) is 5.88 Å². The molecule has 0 fully saturated rings. The molecule has 0 unspecified atom stereocenters. The Balaban J connectivity index is 2.69. The fourth-order valence-electron chi connectivity index (χ4n) is 1.56. The van der Waals surface area contributed by atoms with Gasteiger partial charge in [0.05, 0.1) is 5.52 Å². The fraction of sp³-hybridized carbons (Fsp3) is 0.100. The molecule has 0 atom stereocenters. The zero-order valence-corrected chi connectivity index (χ0v) is 8.68. The molecule has 82 valence electrons. The Morgan fingerprint density at radius 3 is 2.81 bits per heavy atom. The summed E-state index contributed by atoms with van der Waals surface area (Å²) in [7, 11) is 1.73. The quantitative estimate of drug-likeness (QED) is 0.386. The van der Waals surface area contributed by atoms with Gasteiger partial charge in [0.15, 0.2) is 5.69 Å². The van der Waals surface area contributed by atoms with Gasteiger partial charge in [0.2, 0.25) is 11.8 Å². The van der Waals surface area contributed by atoms with Crippen LogP contribution < -0.4 is 5.73 Å². The number of nitrogens with one attached hydrogen (secondary N) is 1. The van der Waals surface area contributed by atoms with Crippen molar-refractivity contribution in [2.45, 2.75) is 0 Å². The van der Waals surface area contributed by atoms with E-state index in [0.717, 1.165) is 10.9 Å². The molecule has 4 N–H and O–H groups in total. The van der Waals surface area contributed by atoms with Gasteiger partial charge in [-0.2, -0.15) is 0 Å². The number of aromatic nitrogens is 1. The summed E-state index contributed by atoms with van der Waals surface area (Å²) < 4.78 is 1.60. The second kappa shape index (κ2) is 3.65. The Hall–Kier alpha value is -2.37. The third-order valence-corrected chi connectivity index (χ3v) is 2.31. The van der Waals surface area contributed by atoms with Gasteiger partial charge in [-0.25, -0.2) is 0 Å². The topological polar surface area (TPSA) is 99.7 Å². The highest BCUT2D eigenvalue weighted by Gasteiger charge is 2.13. The number of benzene rings is 1. The van der Waals surface area contributed by atoms with Crippen molar-refractivity contribution < 1.29 is 5.11 Å². The van der Waals surface area contributed by atoms with E-state index in [1.165, 1.54) is 0 Å². The van der Waals surface area contributed by atoms with Crippen LogP contribution >= 0.6 is 0 Å². The summed E-state index contributed by atoms with van der Waals surface area (Å²) in [6.45, 7) is 0. The van der Waals surface area contributed by atoms with Crippen LogP contribution in [0.1, 0.15) is 0 Å². The molecule has 0 aliphatic rings. The minimum Gasteiger partial charge on any atom is -0.493 e. The maximum atomic E-state index is 9.83. The predicted molar refractivity (Wildman–Crippen MR) is 61.0 cm³/mol.